The first-order valence-corrected chi connectivity index (χ1v) is 7.86. The lowest BCUT2D eigenvalue weighted by atomic mass is 9.97. The summed E-state index contributed by atoms with van der Waals surface area (Å²) in [5.74, 6) is 5.57. The summed E-state index contributed by atoms with van der Waals surface area (Å²) in [4.78, 5) is 0.257. The highest BCUT2D eigenvalue weighted by molar-refractivity contribution is 7.89. The van der Waals surface area contributed by atoms with E-state index in [4.69, 9.17) is 5.73 Å². The average molecular weight is 294 g/mol. The van der Waals surface area contributed by atoms with Crippen LogP contribution in [-0.4, -0.2) is 32.9 Å². The highest BCUT2D eigenvalue weighted by Gasteiger charge is 2.25. The molecule has 0 radical (unpaired) electrons. The van der Waals surface area contributed by atoms with Crippen LogP contribution in [0.2, 0.25) is 0 Å². The van der Waals surface area contributed by atoms with E-state index in [-0.39, 0.29) is 16.9 Å². The first-order chi connectivity index (χ1) is 9.16. The lowest BCUT2D eigenvalue weighted by molar-refractivity contribution is 0.311. The number of benzene rings is 1. The van der Waals surface area contributed by atoms with Crippen LogP contribution in [0.15, 0.2) is 29.2 Å². The molecule has 0 fully saturated rings. The smallest absolute Gasteiger partial charge is 0.242 e. The zero-order valence-corrected chi connectivity index (χ0v) is 13.3. The van der Waals surface area contributed by atoms with Crippen LogP contribution in [0.25, 0.3) is 0 Å². The Morgan fingerprint density at radius 2 is 1.95 bits per heavy atom. The Morgan fingerprint density at radius 1 is 1.30 bits per heavy atom. The molecule has 0 spiro atoms. The second kappa shape index (κ2) is 6.40. The molecule has 0 aliphatic carbocycles. The second-order valence-electron chi connectivity index (χ2n) is 5.86. The van der Waals surface area contributed by atoms with E-state index >= 15 is 0 Å². The lowest BCUT2D eigenvalue weighted by Crippen LogP contribution is -2.34. The predicted molar refractivity (Wildman–Crippen MR) is 81.6 cm³/mol. The Labute approximate surface area is 122 Å². The molecule has 0 aliphatic rings. The molecule has 1 aromatic rings. The van der Waals surface area contributed by atoms with E-state index in [0.717, 1.165) is 0 Å². The minimum atomic E-state index is -3.49. The van der Waals surface area contributed by atoms with Crippen LogP contribution >= 0.6 is 0 Å². The highest BCUT2D eigenvalue weighted by atomic mass is 32.2. The zero-order chi connectivity index (χ0) is 15.4. The van der Waals surface area contributed by atoms with Crippen molar-refractivity contribution in [2.45, 2.75) is 25.7 Å². The van der Waals surface area contributed by atoms with Gasteiger partial charge in [0.15, 0.2) is 0 Å². The fourth-order valence-electron chi connectivity index (χ4n) is 1.82. The van der Waals surface area contributed by atoms with Gasteiger partial charge in [-0.3, -0.25) is 0 Å². The van der Waals surface area contributed by atoms with E-state index in [1.165, 1.54) is 4.31 Å². The molecular weight excluding hydrogens is 272 g/mol. The number of rotatable bonds is 3. The van der Waals surface area contributed by atoms with Gasteiger partial charge in [-0.25, -0.2) is 12.7 Å². The molecule has 0 heterocycles. The topological polar surface area (TPSA) is 63.4 Å². The van der Waals surface area contributed by atoms with Gasteiger partial charge in [0.05, 0.1) is 11.4 Å². The van der Waals surface area contributed by atoms with Crippen LogP contribution in [-0.2, 0) is 10.0 Å². The van der Waals surface area contributed by atoms with Crippen molar-refractivity contribution < 1.29 is 8.42 Å². The van der Waals surface area contributed by atoms with Crippen LogP contribution in [0.4, 0.5) is 0 Å². The molecule has 5 heteroatoms. The van der Waals surface area contributed by atoms with Crippen molar-refractivity contribution in [3.8, 4) is 11.8 Å². The molecule has 110 valence electrons. The maximum Gasteiger partial charge on any atom is 0.242 e. The van der Waals surface area contributed by atoms with E-state index in [9.17, 15) is 8.42 Å². The summed E-state index contributed by atoms with van der Waals surface area (Å²) in [5, 5.41) is 0. The summed E-state index contributed by atoms with van der Waals surface area (Å²) in [6.45, 7) is 6.71. The summed E-state index contributed by atoms with van der Waals surface area (Å²) in [6.07, 6.45) is 0. The van der Waals surface area contributed by atoms with E-state index in [1.807, 2.05) is 20.8 Å². The summed E-state index contributed by atoms with van der Waals surface area (Å²) in [5.41, 5.74) is 5.87. The first kappa shape index (κ1) is 16.7. The van der Waals surface area contributed by atoms with Crippen molar-refractivity contribution in [1.82, 2.24) is 4.31 Å². The third kappa shape index (κ3) is 4.64. The van der Waals surface area contributed by atoms with Crippen LogP contribution in [0.5, 0.6) is 0 Å². The largest absolute Gasteiger partial charge is 0.320 e. The minimum Gasteiger partial charge on any atom is -0.320 e. The van der Waals surface area contributed by atoms with E-state index in [2.05, 4.69) is 11.8 Å². The Morgan fingerprint density at radius 3 is 2.50 bits per heavy atom. The summed E-state index contributed by atoms with van der Waals surface area (Å²) in [6, 6.07) is 6.63. The molecule has 1 aromatic carbocycles. The molecule has 4 nitrogen and oxygen atoms in total. The Balaban J connectivity index is 3.10. The third-order valence-electron chi connectivity index (χ3n) is 2.57. The van der Waals surface area contributed by atoms with Gasteiger partial charge in [0, 0.05) is 19.2 Å². The van der Waals surface area contributed by atoms with Crippen LogP contribution in [0.1, 0.15) is 26.3 Å². The molecule has 0 amide bonds. The predicted octanol–water partition coefficient (Wildman–Crippen LogP) is 1.66. The van der Waals surface area contributed by atoms with Gasteiger partial charge in [0.2, 0.25) is 10.0 Å². The van der Waals surface area contributed by atoms with Gasteiger partial charge in [-0.15, -0.1) is 0 Å². The molecule has 0 aliphatic heterocycles. The fourth-order valence-corrected chi connectivity index (χ4v) is 3.26. The van der Waals surface area contributed by atoms with Crippen molar-refractivity contribution in [1.29, 1.82) is 0 Å². The normalized spacial score (nSPS) is 12.1. The molecule has 2 N–H and O–H groups in total. The van der Waals surface area contributed by atoms with Gasteiger partial charge in [0.1, 0.15) is 0 Å². The van der Waals surface area contributed by atoms with Crippen LogP contribution in [0.3, 0.4) is 0 Å². The number of nitrogens with two attached hydrogens (primary N) is 1. The highest BCUT2D eigenvalue weighted by Crippen LogP contribution is 2.21. The van der Waals surface area contributed by atoms with E-state index in [1.54, 1.807) is 31.3 Å². The maximum atomic E-state index is 12.5. The Kier molecular flexibility index (Phi) is 5.35. The molecule has 0 saturated carbocycles. The van der Waals surface area contributed by atoms with Crippen molar-refractivity contribution in [2.24, 2.45) is 11.1 Å². The number of hydrogen-bond donors (Lipinski definition) is 1. The summed E-state index contributed by atoms with van der Waals surface area (Å²) in [7, 11) is -1.89. The third-order valence-corrected chi connectivity index (χ3v) is 4.37. The molecule has 0 bridgehead atoms. The van der Waals surface area contributed by atoms with Gasteiger partial charge in [0.25, 0.3) is 0 Å². The molecule has 0 atom stereocenters. The number of sulfonamides is 1. The van der Waals surface area contributed by atoms with E-state index in [0.29, 0.717) is 12.1 Å². The second-order valence-corrected chi connectivity index (χ2v) is 7.90. The number of nitrogens with zero attached hydrogens (tertiary/aromatic N) is 1. The van der Waals surface area contributed by atoms with Gasteiger partial charge < -0.3 is 5.73 Å². The van der Waals surface area contributed by atoms with Crippen molar-refractivity contribution in [2.75, 3.05) is 20.1 Å². The van der Waals surface area contributed by atoms with E-state index < -0.39 is 10.0 Å². The van der Waals surface area contributed by atoms with Gasteiger partial charge in [-0.1, -0.05) is 38.7 Å². The molecule has 0 saturated heterocycles. The van der Waals surface area contributed by atoms with Crippen molar-refractivity contribution in [3.63, 3.8) is 0 Å². The van der Waals surface area contributed by atoms with Crippen LogP contribution in [0, 0.1) is 17.3 Å². The summed E-state index contributed by atoms with van der Waals surface area (Å²) < 4.78 is 26.4. The molecule has 20 heavy (non-hydrogen) atoms. The van der Waals surface area contributed by atoms with Crippen LogP contribution < -0.4 is 5.73 Å². The monoisotopic (exact) mass is 294 g/mol. The van der Waals surface area contributed by atoms with Gasteiger partial charge >= 0.3 is 0 Å². The molecule has 1 rings (SSSR count). The molecule has 0 unspecified atom stereocenters. The Hall–Kier alpha value is -1.35. The van der Waals surface area contributed by atoms with Crippen molar-refractivity contribution in [3.05, 3.63) is 29.8 Å². The van der Waals surface area contributed by atoms with Gasteiger partial charge in [-0.05, 0) is 23.6 Å². The molecular formula is C15H22N2O2S. The number of hydrogen-bond acceptors (Lipinski definition) is 3. The van der Waals surface area contributed by atoms with Crippen molar-refractivity contribution >= 4 is 10.0 Å². The first-order valence-electron chi connectivity index (χ1n) is 6.42. The quantitative estimate of drug-likeness (QED) is 0.862. The maximum absolute atomic E-state index is 12.5. The minimum absolute atomic E-state index is 0.0984. The fraction of sp³-hybridized carbons (Fsp3) is 0.467. The molecule has 0 aromatic heterocycles. The van der Waals surface area contributed by atoms with Gasteiger partial charge in [-0.2, -0.15) is 0 Å². The standard InChI is InChI=1S/C15H22N2O2S/c1-15(2,3)12-17(4)20(18,19)14-9-5-7-13(11-14)8-6-10-16/h5,7,9,11H,10,12,16H2,1-4H3. The lowest BCUT2D eigenvalue weighted by Gasteiger charge is -2.26. The average Bonchev–Trinajstić information content (AvgIpc) is 2.34. The Bertz CT molecular complexity index is 619. The summed E-state index contributed by atoms with van der Waals surface area (Å²) >= 11 is 0. The SMILES string of the molecule is CN(CC(C)(C)C)S(=O)(=O)c1cccc(C#CCN)c1. The zero-order valence-electron chi connectivity index (χ0n) is 12.5.